The maximum absolute atomic E-state index is 13.3. The van der Waals surface area contributed by atoms with E-state index >= 15 is 0 Å². The lowest BCUT2D eigenvalue weighted by molar-refractivity contribution is -0.119. The monoisotopic (exact) mass is 491 g/mol. The van der Waals surface area contributed by atoms with Crippen molar-refractivity contribution in [2.45, 2.75) is 9.92 Å². The zero-order valence-electron chi connectivity index (χ0n) is 17.3. The summed E-state index contributed by atoms with van der Waals surface area (Å²) in [6.07, 6.45) is 1.70. The van der Waals surface area contributed by atoms with Crippen molar-refractivity contribution >= 4 is 45.0 Å². The van der Waals surface area contributed by atoms with Gasteiger partial charge in [0, 0.05) is 18.5 Å². The lowest BCUT2D eigenvalue weighted by Crippen LogP contribution is -2.41. The molecule has 0 radical (unpaired) electrons. The molecule has 0 unspecified atom stereocenters. The lowest BCUT2D eigenvalue weighted by Gasteiger charge is -2.24. The highest BCUT2D eigenvalue weighted by atomic mass is 35.5. The number of amides is 1. The molecule has 0 atom stereocenters. The van der Waals surface area contributed by atoms with Gasteiger partial charge in [0.2, 0.25) is 5.91 Å². The molecule has 0 spiro atoms. The first-order valence-electron chi connectivity index (χ1n) is 9.63. The normalized spacial score (nSPS) is 11.1. The average molecular weight is 492 g/mol. The van der Waals surface area contributed by atoms with E-state index in [2.05, 4.69) is 10.3 Å². The highest BCUT2D eigenvalue weighted by Crippen LogP contribution is 2.31. The molecule has 0 saturated carbocycles. The van der Waals surface area contributed by atoms with Crippen molar-refractivity contribution in [2.75, 3.05) is 30.3 Å². The van der Waals surface area contributed by atoms with Gasteiger partial charge in [-0.15, -0.1) is 11.8 Å². The Morgan fingerprint density at radius 2 is 1.88 bits per heavy atom. The standard InChI is InChI=1S/C22H22ClN3O4S2/c1-30-20-11-10-17(15-19(20)23)26(32(28,29)18-7-3-2-4-8-18)16-21(27)24-13-14-31-22-9-5-6-12-25-22/h2-12,15H,13-14,16H2,1H3,(H,24,27). The molecule has 0 bridgehead atoms. The predicted octanol–water partition coefficient (Wildman–Crippen LogP) is 3.85. The number of anilines is 1. The third kappa shape index (κ3) is 6.15. The highest BCUT2D eigenvalue weighted by Gasteiger charge is 2.27. The number of rotatable bonds is 10. The van der Waals surface area contributed by atoms with E-state index in [1.54, 1.807) is 36.5 Å². The van der Waals surface area contributed by atoms with Crippen molar-refractivity contribution in [3.8, 4) is 5.75 Å². The molecule has 10 heteroatoms. The van der Waals surface area contributed by atoms with Crippen LogP contribution in [-0.4, -0.2) is 45.3 Å². The van der Waals surface area contributed by atoms with Gasteiger partial charge >= 0.3 is 0 Å². The van der Waals surface area contributed by atoms with Crippen LogP contribution in [0, 0.1) is 0 Å². The molecule has 2 aromatic carbocycles. The number of sulfonamides is 1. The summed E-state index contributed by atoms with van der Waals surface area (Å²) in [4.78, 5) is 16.9. The average Bonchev–Trinajstić information content (AvgIpc) is 2.81. The third-order valence-corrected chi connectivity index (χ3v) is 7.38. The van der Waals surface area contributed by atoms with Crippen LogP contribution in [0.5, 0.6) is 5.75 Å². The van der Waals surface area contributed by atoms with Crippen LogP contribution in [0.3, 0.4) is 0 Å². The molecule has 1 N–H and O–H groups in total. The van der Waals surface area contributed by atoms with Gasteiger partial charge in [-0.1, -0.05) is 35.9 Å². The second-order valence-electron chi connectivity index (χ2n) is 6.51. The van der Waals surface area contributed by atoms with Crippen LogP contribution in [-0.2, 0) is 14.8 Å². The molecule has 7 nitrogen and oxygen atoms in total. The second kappa shape index (κ2) is 11.2. The molecule has 3 rings (SSSR count). The zero-order chi connectivity index (χ0) is 23.0. The fourth-order valence-electron chi connectivity index (χ4n) is 2.81. The number of hydrogen-bond acceptors (Lipinski definition) is 6. The largest absolute Gasteiger partial charge is 0.495 e. The Morgan fingerprint density at radius 3 is 2.53 bits per heavy atom. The first-order valence-corrected chi connectivity index (χ1v) is 12.4. The van der Waals surface area contributed by atoms with Crippen molar-refractivity contribution < 1.29 is 17.9 Å². The zero-order valence-corrected chi connectivity index (χ0v) is 19.7. The van der Waals surface area contributed by atoms with Crippen molar-refractivity contribution in [3.05, 3.63) is 77.9 Å². The Hall–Kier alpha value is -2.75. The Morgan fingerprint density at radius 1 is 1.12 bits per heavy atom. The summed E-state index contributed by atoms with van der Waals surface area (Å²) in [5, 5.41) is 3.85. The minimum atomic E-state index is -4.00. The van der Waals surface area contributed by atoms with Crippen molar-refractivity contribution in [2.24, 2.45) is 0 Å². The van der Waals surface area contributed by atoms with E-state index in [0.717, 1.165) is 9.33 Å². The number of aromatic nitrogens is 1. The number of carbonyl (C=O) groups excluding carboxylic acids is 1. The molecule has 0 aliphatic rings. The van der Waals surface area contributed by atoms with Crippen LogP contribution in [0.4, 0.5) is 5.69 Å². The Kier molecular flexibility index (Phi) is 8.38. The quantitative estimate of drug-likeness (QED) is 0.342. The lowest BCUT2D eigenvalue weighted by atomic mass is 10.3. The maximum Gasteiger partial charge on any atom is 0.264 e. The molecular formula is C22H22ClN3O4S2. The summed E-state index contributed by atoms with van der Waals surface area (Å²) in [5.74, 6) is 0.573. The summed E-state index contributed by atoms with van der Waals surface area (Å²) in [5.41, 5.74) is 0.262. The molecular weight excluding hydrogens is 470 g/mol. The van der Waals surface area contributed by atoms with E-state index in [1.165, 1.54) is 37.1 Å². The molecule has 0 fully saturated rings. The van der Waals surface area contributed by atoms with E-state index in [9.17, 15) is 13.2 Å². The summed E-state index contributed by atoms with van der Waals surface area (Å²) < 4.78 is 32.8. The number of benzene rings is 2. The van der Waals surface area contributed by atoms with E-state index in [1.807, 2.05) is 18.2 Å². The van der Waals surface area contributed by atoms with Crippen LogP contribution in [0.15, 0.2) is 82.8 Å². The fourth-order valence-corrected chi connectivity index (χ4v) is 5.22. The molecule has 0 aliphatic carbocycles. The highest BCUT2D eigenvalue weighted by molar-refractivity contribution is 7.99. The summed E-state index contributed by atoms with van der Waals surface area (Å²) in [7, 11) is -2.53. The topological polar surface area (TPSA) is 88.6 Å². The van der Waals surface area contributed by atoms with Gasteiger partial charge in [-0.3, -0.25) is 9.10 Å². The Labute approximate surface area is 196 Å². The molecule has 32 heavy (non-hydrogen) atoms. The third-order valence-electron chi connectivity index (χ3n) is 4.35. The number of methoxy groups -OCH3 is 1. The van der Waals surface area contributed by atoms with Gasteiger partial charge in [0.1, 0.15) is 12.3 Å². The smallest absolute Gasteiger partial charge is 0.264 e. The SMILES string of the molecule is COc1ccc(N(CC(=O)NCCSc2ccccn2)S(=O)(=O)c2ccccc2)cc1Cl. The van der Waals surface area contributed by atoms with Gasteiger partial charge in [-0.25, -0.2) is 13.4 Å². The van der Waals surface area contributed by atoms with E-state index < -0.39 is 22.5 Å². The fraction of sp³-hybridized carbons (Fsp3) is 0.182. The Bertz CT molecular complexity index is 1150. The number of ether oxygens (including phenoxy) is 1. The molecule has 3 aromatic rings. The Balaban J connectivity index is 1.75. The minimum absolute atomic E-state index is 0.0745. The number of hydrogen-bond donors (Lipinski definition) is 1. The van der Waals surface area contributed by atoms with Crippen LogP contribution >= 0.6 is 23.4 Å². The van der Waals surface area contributed by atoms with Crippen molar-refractivity contribution in [3.63, 3.8) is 0 Å². The number of nitrogens with zero attached hydrogens (tertiary/aromatic N) is 2. The molecule has 168 valence electrons. The van der Waals surface area contributed by atoms with Crippen LogP contribution in [0.1, 0.15) is 0 Å². The van der Waals surface area contributed by atoms with Gasteiger partial charge < -0.3 is 10.1 Å². The second-order valence-corrected chi connectivity index (χ2v) is 9.89. The minimum Gasteiger partial charge on any atom is -0.495 e. The number of halogens is 1. The van der Waals surface area contributed by atoms with Gasteiger partial charge in [0.15, 0.2) is 0 Å². The van der Waals surface area contributed by atoms with Gasteiger partial charge in [-0.05, 0) is 42.5 Å². The first kappa shape index (κ1) is 23.9. The van der Waals surface area contributed by atoms with Crippen LogP contribution in [0.25, 0.3) is 0 Å². The van der Waals surface area contributed by atoms with Gasteiger partial charge in [-0.2, -0.15) is 0 Å². The molecule has 0 saturated heterocycles. The van der Waals surface area contributed by atoms with E-state index in [4.69, 9.17) is 16.3 Å². The van der Waals surface area contributed by atoms with Crippen molar-refractivity contribution in [1.29, 1.82) is 0 Å². The van der Waals surface area contributed by atoms with E-state index in [-0.39, 0.29) is 15.6 Å². The van der Waals surface area contributed by atoms with Crippen LogP contribution in [0.2, 0.25) is 5.02 Å². The number of nitrogens with one attached hydrogen (secondary N) is 1. The predicted molar refractivity (Wildman–Crippen MR) is 127 cm³/mol. The van der Waals surface area contributed by atoms with Gasteiger partial charge in [0.05, 0.1) is 27.7 Å². The summed E-state index contributed by atoms with van der Waals surface area (Å²) in [6, 6.07) is 18.1. The van der Waals surface area contributed by atoms with E-state index in [0.29, 0.717) is 18.0 Å². The van der Waals surface area contributed by atoms with Crippen molar-refractivity contribution in [1.82, 2.24) is 10.3 Å². The first-order chi connectivity index (χ1) is 15.4. The maximum atomic E-state index is 13.3. The molecule has 1 amide bonds. The van der Waals surface area contributed by atoms with Crippen LogP contribution < -0.4 is 14.4 Å². The number of carbonyl (C=O) groups is 1. The molecule has 1 heterocycles. The summed E-state index contributed by atoms with van der Waals surface area (Å²) >= 11 is 7.71. The number of pyridine rings is 1. The number of thioether (sulfide) groups is 1. The summed E-state index contributed by atoms with van der Waals surface area (Å²) in [6.45, 7) is -0.0309. The molecule has 0 aliphatic heterocycles. The molecule has 1 aromatic heterocycles. The van der Waals surface area contributed by atoms with Gasteiger partial charge in [0.25, 0.3) is 10.0 Å².